The molecule has 0 aliphatic heterocycles. The Labute approximate surface area is 128 Å². The van der Waals surface area contributed by atoms with E-state index in [-0.39, 0.29) is 22.7 Å². The average Bonchev–Trinajstić information content (AvgIpc) is 2.59. The van der Waals surface area contributed by atoms with E-state index >= 15 is 0 Å². The molecular weight excluding hydrogens is 278 g/mol. The zero-order chi connectivity index (χ0) is 14.9. The van der Waals surface area contributed by atoms with Gasteiger partial charge in [0, 0.05) is 6.54 Å². The summed E-state index contributed by atoms with van der Waals surface area (Å²) >= 11 is 0. The van der Waals surface area contributed by atoms with Crippen LogP contribution in [0.4, 0.5) is 0 Å². The van der Waals surface area contributed by atoms with Crippen molar-refractivity contribution in [2.75, 3.05) is 7.11 Å². The summed E-state index contributed by atoms with van der Waals surface area (Å²) in [5.41, 5.74) is 0.902. The number of ether oxygens (including phenoxy) is 1. The molecule has 6 aliphatic carbocycles. The molecule has 22 heavy (non-hydrogen) atoms. The maximum Gasteiger partial charge on any atom is 0.312 e. The second-order valence-corrected chi connectivity index (χ2v) is 7.68. The summed E-state index contributed by atoms with van der Waals surface area (Å²) in [6.07, 6.45) is 0. The van der Waals surface area contributed by atoms with Crippen molar-refractivity contribution in [2.45, 2.75) is 6.54 Å². The highest BCUT2D eigenvalue weighted by atomic mass is 16.5. The highest BCUT2D eigenvalue weighted by Crippen LogP contribution is 3.10. The van der Waals surface area contributed by atoms with Gasteiger partial charge in [0.25, 0.3) is 0 Å². The molecule has 6 fully saturated rings. The molecule has 0 bridgehead atoms. The quantitative estimate of drug-likeness (QED) is 0.850. The number of rotatable bonds is 4. The highest BCUT2D eigenvalue weighted by molar-refractivity contribution is 5.98. The second-order valence-electron chi connectivity index (χ2n) is 7.68. The third kappa shape index (κ3) is 0.737. The minimum atomic E-state index is -0.143. The Balaban J connectivity index is 1.20. The molecule has 0 unspecified atom stereocenters. The van der Waals surface area contributed by atoms with Crippen LogP contribution in [0.3, 0.4) is 0 Å². The lowest BCUT2D eigenvalue weighted by atomic mass is 8.92. The third-order valence-corrected chi connectivity index (χ3v) is 7.86. The van der Waals surface area contributed by atoms with Gasteiger partial charge in [0.2, 0.25) is 5.91 Å². The van der Waals surface area contributed by atoms with Gasteiger partial charge in [0.05, 0.1) is 17.9 Å². The maximum atomic E-state index is 12.7. The summed E-state index contributed by atoms with van der Waals surface area (Å²) in [6.45, 7) is 0.607. The van der Waals surface area contributed by atoms with E-state index in [2.05, 4.69) is 5.32 Å². The van der Waals surface area contributed by atoms with Crippen LogP contribution in [0.15, 0.2) is 30.3 Å². The van der Waals surface area contributed by atoms with Gasteiger partial charge in [-0.15, -0.1) is 0 Å². The van der Waals surface area contributed by atoms with Gasteiger partial charge in [0.15, 0.2) is 0 Å². The zero-order valence-corrected chi connectivity index (χ0v) is 12.3. The smallest absolute Gasteiger partial charge is 0.312 e. The van der Waals surface area contributed by atoms with Gasteiger partial charge in [-0.25, -0.2) is 0 Å². The molecule has 0 radical (unpaired) electrons. The lowest BCUT2D eigenvalue weighted by molar-refractivity contribution is -0.626. The fourth-order valence-electron chi connectivity index (χ4n) is 7.50. The third-order valence-electron chi connectivity index (χ3n) is 7.86. The fourth-order valence-corrected chi connectivity index (χ4v) is 7.50. The van der Waals surface area contributed by atoms with Crippen molar-refractivity contribution in [3.05, 3.63) is 35.9 Å². The molecule has 1 aromatic rings. The summed E-state index contributed by atoms with van der Waals surface area (Å²) < 4.78 is 5.02. The second kappa shape index (κ2) is 3.10. The van der Waals surface area contributed by atoms with Gasteiger partial charge < -0.3 is 10.1 Å². The molecule has 1 amide bonds. The predicted octanol–water partition coefficient (Wildman–Crippen LogP) is 1.21. The lowest BCUT2D eigenvalue weighted by Gasteiger charge is -3.09. The Morgan fingerprint density at radius 3 is 2.09 bits per heavy atom. The van der Waals surface area contributed by atoms with Crippen molar-refractivity contribution in [3.8, 4) is 0 Å². The molecule has 4 nitrogen and oxygen atoms in total. The number of esters is 1. The van der Waals surface area contributed by atoms with E-state index < -0.39 is 0 Å². The van der Waals surface area contributed by atoms with Crippen LogP contribution >= 0.6 is 0 Å². The van der Waals surface area contributed by atoms with Crippen LogP contribution in [0.1, 0.15) is 5.56 Å². The van der Waals surface area contributed by atoms with Crippen LogP contribution in [-0.4, -0.2) is 19.0 Å². The normalized spacial score (nSPS) is 52.8. The first-order chi connectivity index (χ1) is 10.7. The van der Waals surface area contributed by atoms with Gasteiger partial charge in [-0.3, -0.25) is 9.59 Å². The Morgan fingerprint density at radius 1 is 1.00 bits per heavy atom. The molecular formula is C18H17NO3. The van der Waals surface area contributed by atoms with Crippen molar-refractivity contribution < 1.29 is 14.3 Å². The predicted molar refractivity (Wildman–Crippen MR) is 76.1 cm³/mol. The molecule has 0 aromatic heterocycles. The summed E-state index contributed by atoms with van der Waals surface area (Å²) in [5, 5.41) is 3.14. The summed E-state index contributed by atoms with van der Waals surface area (Å²) in [4.78, 5) is 24.8. The van der Waals surface area contributed by atoms with Crippen molar-refractivity contribution in [1.82, 2.24) is 5.32 Å². The van der Waals surface area contributed by atoms with E-state index in [9.17, 15) is 9.59 Å². The summed E-state index contributed by atoms with van der Waals surface area (Å²) in [7, 11) is 1.49. The minimum absolute atomic E-state index is 0.00533. The van der Waals surface area contributed by atoms with E-state index in [0.717, 1.165) is 5.56 Å². The van der Waals surface area contributed by atoms with Gasteiger partial charge in [-0.05, 0) is 41.1 Å². The van der Waals surface area contributed by atoms with Gasteiger partial charge in [-0.1, -0.05) is 30.3 Å². The molecule has 0 heterocycles. The van der Waals surface area contributed by atoms with Crippen LogP contribution in [-0.2, 0) is 20.9 Å². The lowest BCUT2D eigenvalue weighted by Crippen LogP contribution is -3.12. The summed E-state index contributed by atoms with van der Waals surface area (Å²) in [6, 6.07) is 10.0. The molecule has 6 saturated carbocycles. The number of hydrogen-bond acceptors (Lipinski definition) is 3. The SMILES string of the molecule is COC(=O)C12C3C4C1C1C2C3C41C(=O)NCc1ccccc1. The first-order valence-electron chi connectivity index (χ1n) is 8.12. The molecule has 7 rings (SSSR count). The average molecular weight is 295 g/mol. The number of amides is 1. The van der Waals surface area contributed by atoms with Crippen LogP contribution < -0.4 is 5.32 Å². The minimum Gasteiger partial charge on any atom is -0.469 e. The summed E-state index contributed by atoms with van der Waals surface area (Å²) in [5.74, 6) is 3.03. The number of benzene rings is 1. The van der Waals surface area contributed by atoms with Gasteiger partial charge in [0.1, 0.15) is 0 Å². The Kier molecular flexibility index (Phi) is 1.65. The highest BCUT2D eigenvalue weighted by Gasteiger charge is 3.13. The molecule has 1 aromatic carbocycles. The van der Waals surface area contributed by atoms with E-state index in [4.69, 9.17) is 4.74 Å². The zero-order valence-electron chi connectivity index (χ0n) is 12.3. The van der Waals surface area contributed by atoms with Crippen LogP contribution in [0.5, 0.6) is 0 Å². The Morgan fingerprint density at radius 2 is 1.55 bits per heavy atom. The van der Waals surface area contributed by atoms with Crippen molar-refractivity contribution >= 4 is 11.9 Å². The molecule has 1 N–H and O–H groups in total. The number of nitrogens with one attached hydrogen (secondary N) is 1. The van der Waals surface area contributed by atoms with Crippen molar-refractivity contribution in [3.63, 3.8) is 0 Å². The standard InChI is InChI=1S/C18H17NO3/c1-22-16(21)18-12-9-13(18)11-14(18)10(12)17(9,11)15(20)19-7-8-5-3-2-4-6-8/h2-6,9-14H,7H2,1H3,(H,19,20). The monoisotopic (exact) mass is 295 g/mol. The topological polar surface area (TPSA) is 55.4 Å². The van der Waals surface area contributed by atoms with E-state index in [1.165, 1.54) is 7.11 Å². The first-order valence-corrected chi connectivity index (χ1v) is 8.12. The van der Waals surface area contributed by atoms with Crippen LogP contribution in [0.25, 0.3) is 0 Å². The molecule has 4 heteroatoms. The van der Waals surface area contributed by atoms with E-state index in [0.29, 0.717) is 42.1 Å². The molecule has 6 aliphatic rings. The van der Waals surface area contributed by atoms with E-state index in [1.807, 2.05) is 30.3 Å². The number of carbonyl (C=O) groups excluding carboxylic acids is 2. The number of methoxy groups -OCH3 is 1. The maximum absolute atomic E-state index is 12.7. The van der Waals surface area contributed by atoms with Crippen molar-refractivity contribution in [2.24, 2.45) is 46.3 Å². The number of carbonyl (C=O) groups is 2. The Hall–Kier alpha value is -1.84. The molecule has 0 atom stereocenters. The Bertz CT molecular complexity index is 686. The van der Waals surface area contributed by atoms with Crippen LogP contribution in [0, 0.1) is 46.3 Å². The van der Waals surface area contributed by atoms with Crippen molar-refractivity contribution in [1.29, 1.82) is 0 Å². The molecule has 112 valence electrons. The van der Waals surface area contributed by atoms with Gasteiger partial charge >= 0.3 is 5.97 Å². The fraction of sp³-hybridized carbons (Fsp3) is 0.556. The van der Waals surface area contributed by atoms with Gasteiger partial charge in [-0.2, -0.15) is 0 Å². The largest absolute Gasteiger partial charge is 0.469 e. The van der Waals surface area contributed by atoms with E-state index in [1.54, 1.807) is 0 Å². The molecule has 0 saturated heterocycles. The van der Waals surface area contributed by atoms with Crippen LogP contribution in [0.2, 0.25) is 0 Å². The number of hydrogen-bond donors (Lipinski definition) is 1. The molecule has 0 spiro atoms. The first kappa shape index (κ1) is 11.7.